The van der Waals surface area contributed by atoms with E-state index in [1.165, 1.54) is 22.3 Å². The second-order valence-corrected chi connectivity index (χ2v) is 8.77. The molecule has 0 saturated carbocycles. The first-order valence-corrected chi connectivity index (χ1v) is 11.2. The Morgan fingerprint density at radius 1 is 1.03 bits per heavy atom. The van der Waals surface area contributed by atoms with E-state index in [4.69, 9.17) is 22.3 Å². The molecule has 4 rings (SSSR count). The molecule has 164 valence electrons. The molecule has 4 aromatic rings. The fourth-order valence-corrected chi connectivity index (χ4v) is 4.39. The zero-order valence-corrected chi connectivity index (χ0v) is 19.5. The van der Waals surface area contributed by atoms with E-state index in [2.05, 4.69) is 72.7 Å². The van der Waals surface area contributed by atoms with Gasteiger partial charge < -0.3 is 11.1 Å². The van der Waals surface area contributed by atoms with E-state index in [0.29, 0.717) is 11.4 Å². The van der Waals surface area contributed by atoms with Crippen molar-refractivity contribution in [3.8, 4) is 0 Å². The molecule has 0 radical (unpaired) electrons. The molecule has 1 unspecified atom stereocenters. The van der Waals surface area contributed by atoms with E-state index in [-0.39, 0.29) is 6.17 Å². The van der Waals surface area contributed by atoms with Gasteiger partial charge in [0.2, 0.25) is 0 Å². The van der Waals surface area contributed by atoms with Crippen LogP contribution in [0.5, 0.6) is 0 Å². The number of nitrogens with two attached hydrogens (primary N) is 1. The summed E-state index contributed by atoms with van der Waals surface area (Å²) in [6, 6.07) is 24.8. The summed E-state index contributed by atoms with van der Waals surface area (Å²) in [6.07, 6.45) is 0.763. The van der Waals surface area contributed by atoms with Crippen molar-refractivity contribution in [1.29, 1.82) is 0 Å². The third-order valence-electron chi connectivity index (χ3n) is 5.84. The number of fused-ring (bicyclic) bond motifs is 1. The lowest BCUT2D eigenvalue weighted by Gasteiger charge is -2.30. The van der Waals surface area contributed by atoms with Crippen molar-refractivity contribution in [2.75, 3.05) is 19.8 Å². The van der Waals surface area contributed by atoms with Gasteiger partial charge in [0.15, 0.2) is 0 Å². The van der Waals surface area contributed by atoms with Crippen LogP contribution in [0, 0.1) is 6.92 Å². The molecule has 1 aromatic heterocycles. The number of aromatic nitrogens is 1. The van der Waals surface area contributed by atoms with Crippen LogP contribution in [0.25, 0.3) is 10.9 Å². The maximum absolute atomic E-state index is 6.33. The van der Waals surface area contributed by atoms with Crippen LogP contribution < -0.4 is 11.1 Å². The van der Waals surface area contributed by atoms with Crippen LogP contribution in [-0.2, 0) is 13.0 Å². The normalized spacial score (nSPS) is 12.4. The Morgan fingerprint density at radius 2 is 1.78 bits per heavy atom. The van der Waals surface area contributed by atoms with Gasteiger partial charge in [0, 0.05) is 34.8 Å². The van der Waals surface area contributed by atoms with Gasteiger partial charge >= 0.3 is 0 Å². The van der Waals surface area contributed by atoms with E-state index < -0.39 is 0 Å². The monoisotopic (exact) mass is 444 g/mol. The Labute approximate surface area is 195 Å². The van der Waals surface area contributed by atoms with Crippen molar-refractivity contribution in [3.05, 3.63) is 106 Å². The first-order valence-electron chi connectivity index (χ1n) is 10.8. The molecule has 1 heterocycles. The molecule has 0 bridgehead atoms. The quantitative estimate of drug-likeness (QED) is 0.358. The number of nitrogen functional groups attached to an aromatic ring is 1. The number of hydrogen-bond acceptors (Lipinski definition) is 4. The summed E-state index contributed by atoms with van der Waals surface area (Å²) in [7, 11) is 4.15. The second-order valence-electron chi connectivity index (χ2n) is 8.33. The highest BCUT2D eigenvalue weighted by Gasteiger charge is 2.19. The Hall–Kier alpha value is -2.92. The molecule has 0 aliphatic heterocycles. The van der Waals surface area contributed by atoms with Gasteiger partial charge in [-0.3, -0.25) is 9.88 Å². The number of anilines is 1. The minimum absolute atomic E-state index is 0.0692. The number of benzene rings is 3. The third kappa shape index (κ3) is 4.94. The molecule has 1 atom stereocenters. The van der Waals surface area contributed by atoms with Crippen molar-refractivity contribution >= 4 is 28.2 Å². The topological polar surface area (TPSA) is 54.2 Å². The molecule has 3 aromatic carbocycles. The summed E-state index contributed by atoms with van der Waals surface area (Å²) < 4.78 is 0. The number of nitrogens with zero attached hydrogens (tertiary/aromatic N) is 2. The van der Waals surface area contributed by atoms with Crippen molar-refractivity contribution in [1.82, 2.24) is 15.2 Å². The van der Waals surface area contributed by atoms with Gasteiger partial charge in [-0.2, -0.15) is 0 Å². The highest BCUT2D eigenvalue weighted by atomic mass is 35.5. The molecule has 4 nitrogen and oxygen atoms in total. The molecule has 0 amide bonds. The van der Waals surface area contributed by atoms with Gasteiger partial charge in [0.25, 0.3) is 0 Å². The largest absolute Gasteiger partial charge is 0.398 e. The summed E-state index contributed by atoms with van der Waals surface area (Å²) in [6.45, 7) is 2.96. The highest BCUT2D eigenvalue weighted by molar-refractivity contribution is 6.31. The molecule has 0 aliphatic rings. The molecular weight excluding hydrogens is 416 g/mol. The van der Waals surface area contributed by atoms with Crippen molar-refractivity contribution in [2.24, 2.45) is 0 Å². The summed E-state index contributed by atoms with van der Waals surface area (Å²) in [5, 5.41) is 5.08. The third-order valence-corrected chi connectivity index (χ3v) is 6.08. The molecule has 0 fully saturated rings. The Balaban J connectivity index is 1.63. The standard InChI is InChI=1S/C27H29ClN4/c1-18-8-10-19(11-9-18)17-32(3)27(30-2)23-7-5-4-6-20(23)14-22-16-25(29)24-13-12-21(28)15-26(24)31-22/h4-13,15-16,27,30H,14,17H2,1-3H3,(H2,29,31). The Bertz CT molecular complexity index is 1220. The Kier molecular flexibility index (Phi) is 6.75. The van der Waals surface area contributed by atoms with Gasteiger partial charge in [0.1, 0.15) is 0 Å². The minimum Gasteiger partial charge on any atom is -0.398 e. The summed E-state index contributed by atoms with van der Waals surface area (Å²) >= 11 is 6.18. The van der Waals surface area contributed by atoms with Crippen molar-refractivity contribution in [2.45, 2.75) is 26.1 Å². The first kappa shape index (κ1) is 22.3. The van der Waals surface area contributed by atoms with E-state index in [9.17, 15) is 0 Å². The van der Waals surface area contributed by atoms with Gasteiger partial charge in [-0.05, 0) is 62.0 Å². The molecular formula is C27H29ClN4. The number of halogens is 1. The van der Waals surface area contributed by atoms with E-state index in [1.54, 1.807) is 0 Å². The fraction of sp³-hybridized carbons (Fsp3) is 0.222. The minimum atomic E-state index is 0.0692. The van der Waals surface area contributed by atoms with Crippen LogP contribution in [0.4, 0.5) is 5.69 Å². The number of hydrogen-bond donors (Lipinski definition) is 2. The maximum Gasteiger partial charge on any atom is 0.0861 e. The SMILES string of the molecule is CNC(c1ccccc1Cc1cc(N)c2ccc(Cl)cc2n1)N(C)Cc1ccc(C)cc1. The number of nitrogens with one attached hydrogen (secondary N) is 1. The molecule has 0 spiro atoms. The first-order chi connectivity index (χ1) is 15.4. The zero-order chi connectivity index (χ0) is 22.7. The number of rotatable bonds is 7. The molecule has 3 N–H and O–H groups in total. The Morgan fingerprint density at radius 3 is 2.53 bits per heavy atom. The summed E-state index contributed by atoms with van der Waals surface area (Å²) in [5.41, 5.74) is 13.8. The van der Waals surface area contributed by atoms with E-state index >= 15 is 0 Å². The lowest BCUT2D eigenvalue weighted by molar-refractivity contribution is 0.207. The zero-order valence-electron chi connectivity index (χ0n) is 18.8. The van der Waals surface area contributed by atoms with Crippen molar-refractivity contribution < 1.29 is 0 Å². The number of aryl methyl sites for hydroxylation is 1. The smallest absolute Gasteiger partial charge is 0.0861 e. The van der Waals surface area contributed by atoms with Gasteiger partial charge in [0.05, 0.1) is 11.7 Å². The maximum atomic E-state index is 6.33. The lowest BCUT2D eigenvalue weighted by atomic mass is 9.98. The average molecular weight is 445 g/mol. The molecule has 0 aliphatic carbocycles. The van der Waals surface area contributed by atoms with Gasteiger partial charge in [-0.1, -0.05) is 65.7 Å². The molecule has 0 saturated heterocycles. The van der Waals surface area contributed by atoms with Crippen LogP contribution in [0.3, 0.4) is 0 Å². The van der Waals surface area contributed by atoms with E-state index in [0.717, 1.165) is 28.8 Å². The van der Waals surface area contributed by atoms with Gasteiger partial charge in [-0.25, -0.2) is 0 Å². The number of pyridine rings is 1. The van der Waals surface area contributed by atoms with Crippen LogP contribution in [-0.4, -0.2) is 24.0 Å². The van der Waals surface area contributed by atoms with Crippen molar-refractivity contribution in [3.63, 3.8) is 0 Å². The highest BCUT2D eigenvalue weighted by Crippen LogP contribution is 2.27. The summed E-state index contributed by atoms with van der Waals surface area (Å²) in [5.74, 6) is 0. The molecule has 32 heavy (non-hydrogen) atoms. The van der Waals surface area contributed by atoms with E-state index in [1.807, 2.05) is 31.3 Å². The molecule has 5 heteroatoms. The van der Waals surface area contributed by atoms with Crippen LogP contribution >= 0.6 is 11.6 Å². The van der Waals surface area contributed by atoms with Crippen LogP contribution in [0.15, 0.2) is 72.8 Å². The fourth-order valence-electron chi connectivity index (χ4n) is 4.22. The predicted octanol–water partition coefficient (Wildman–Crippen LogP) is 5.72. The summed E-state index contributed by atoms with van der Waals surface area (Å²) in [4.78, 5) is 7.17. The second kappa shape index (κ2) is 9.70. The van der Waals surface area contributed by atoms with Gasteiger partial charge in [-0.15, -0.1) is 0 Å². The average Bonchev–Trinajstić information content (AvgIpc) is 2.77. The van der Waals surface area contributed by atoms with Crippen LogP contribution in [0.2, 0.25) is 5.02 Å². The predicted molar refractivity (Wildman–Crippen MR) is 135 cm³/mol. The van der Waals surface area contributed by atoms with Crippen LogP contribution in [0.1, 0.15) is 34.1 Å². The lowest BCUT2D eigenvalue weighted by Crippen LogP contribution is -2.34.